The molecule has 218 valence electrons. The molecule has 0 bridgehead atoms. The van der Waals surface area contributed by atoms with E-state index in [1.165, 1.54) is 5.57 Å². The van der Waals surface area contributed by atoms with Gasteiger partial charge in [0, 0.05) is 12.7 Å². The van der Waals surface area contributed by atoms with E-state index in [1.54, 1.807) is 0 Å². The Hall–Kier alpha value is -2.53. The molecule has 1 aromatic carbocycles. The topological polar surface area (TPSA) is 65.0 Å². The summed E-state index contributed by atoms with van der Waals surface area (Å²) in [6.45, 7) is 18.1. The highest BCUT2D eigenvalue weighted by Crippen LogP contribution is 2.42. The molecule has 0 radical (unpaired) electrons. The van der Waals surface area contributed by atoms with E-state index in [0.717, 1.165) is 60.1 Å². The predicted molar refractivity (Wildman–Crippen MR) is 161 cm³/mol. The number of allylic oxidation sites excluding steroid dienone is 4. The second-order valence-electron chi connectivity index (χ2n) is 11.2. The van der Waals surface area contributed by atoms with E-state index in [2.05, 4.69) is 39.8 Å². The maximum absolute atomic E-state index is 14.3. The number of carbonyl (C=O) groups is 1. The Morgan fingerprint density at radius 1 is 1.00 bits per heavy atom. The van der Waals surface area contributed by atoms with Gasteiger partial charge in [0.1, 0.15) is 29.3 Å². The van der Waals surface area contributed by atoms with Crippen molar-refractivity contribution in [3.8, 4) is 11.5 Å². The SMILES string of the molecule is CCCCCOC/C(CC=C(C)C)=C(/O)C1C(=O)c2c(cc(OCCCC)c(C)c2CC=C(C)C)OC1CC. The Balaban J connectivity index is 2.58. The van der Waals surface area contributed by atoms with Crippen molar-refractivity contribution < 1.29 is 24.1 Å². The van der Waals surface area contributed by atoms with Gasteiger partial charge in [-0.15, -0.1) is 0 Å². The minimum atomic E-state index is -0.765. The number of aliphatic hydroxyl groups excluding tert-OH is 1. The van der Waals surface area contributed by atoms with Crippen LogP contribution in [-0.2, 0) is 11.2 Å². The van der Waals surface area contributed by atoms with Gasteiger partial charge in [0.15, 0.2) is 5.78 Å². The lowest BCUT2D eigenvalue weighted by Gasteiger charge is -2.34. The Morgan fingerprint density at radius 2 is 1.69 bits per heavy atom. The lowest BCUT2D eigenvalue weighted by atomic mass is 9.81. The smallest absolute Gasteiger partial charge is 0.181 e. The summed E-state index contributed by atoms with van der Waals surface area (Å²) >= 11 is 0. The lowest BCUT2D eigenvalue weighted by Crippen LogP contribution is -2.40. The number of aliphatic hydroxyl groups is 1. The zero-order valence-corrected chi connectivity index (χ0v) is 25.7. The van der Waals surface area contributed by atoms with E-state index >= 15 is 0 Å². The van der Waals surface area contributed by atoms with Crippen LogP contribution in [0.4, 0.5) is 0 Å². The number of ether oxygens (including phenoxy) is 3. The third-order valence-electron chi connectivity index (χ3n) is 7.27. The van der Waals surface area contributed by atoms with Crippen molar-refractivity contribution in [3.05, 3.63) is 57.4 Å². The van der Waals surface area contributed by atoms with E-state index < -0.39 is 12.0 Å². The fourth-order valence-electron chi connectivity index (χ4n) is 4.79. The third kappa shape index (κ3) is 9.27. The van der Waals surface area contributed by atoms with Gasteiger partial charge in [-0.1, -0.05) is 63.3 Å². The van der Waals surface area contributed by atoms with Gasteiger partial charge in [-0.2, -0.15) is 0 Å². The molecule has 0 spiro atoms. The van der Waals surface area contributed by atoms with Crippen molar-refractivity contribution in [1.29, 1.82) is 0 Å². The van der Waals surface area contributed by atoms with Crippen LogP contribution < -0.4 is 9.47 Å². The molecule has 1 N–H and O–H groups in total. The third-order valence-corrected chi connectivity index (χ3v) is 7.27. The van der Waals surface area contributed by atoms with Gasteiger partial charge in [0.05, 0.1) is 18.8 Å². The number of carbonyl (C=O) groups excluding carboxylic acids is 1. The Bertz CT molecular complexity index is 1040. The lowest BCUT2D eigenvalue weighted by molar-refractivity contribution is 0.0616. The Morgan fingerprint density at radius 3 is 2.31 bits per heavy atom. The molecule has 5 heteroatoms. The van der Waals surface area contributed by atoms with Crippen molar-refractivity contribution in [1.82, 2.24) is 0 Å². The van der Waals surface area contributed by atoms with Gasteiger partial charge < -0.3 is 19.3 Å². The van der Waals surface area contributed by atoms with Gasteiger partial charge in [-0.3, -0.25) is 4.79 Å². The molecule has 2 rings (SSSR count). The molecule has 5 nitrogen and oxygen atoms in total. The summed E-state index contributed by atoms with van der Waals surface area (Å²) in [6, 6.07) is 1.88. The van der Waals surface area contributed by atoms with Crippen LogP contribution in [0.2, 0.25) is 0 Å². The van der Waals surface area contributed by atoms with Crippen LogP contribution in [0.3, 0.4) is 0 Å². The first-order chi connectivity index (χ1) is 18.7. The van der Waals surface area contributed by atoms with Crippen LogP contribution in [-0.4, -0.2) is 36.8 Å². The largest absolute Gasteiger partial charge is 0.511 e. The van der Waals surface area contributed by atoms with Crippen molar-refractivity contribution in [3.63, 3.8) is 0 Å². The van der Waals surface area contributed by atoms with Crippen molar-refractivity contribution in [2.75, 3.05) is 19.8 Å². The average molecular weight is 541 g/mol. The summed E-state index contributed by atoms with van der Waals surface area (Å²) in [5, 5.41) is 11.7. The highest BCUT2D eigenvalue weighted by molar-refractivity contribution is 6.05. The van der Waals surface area contributed by atoms with E-state index in [1.807, 2.05) is 33.8 Å². The molecule has 2 atom stereocenters. The number of hydrogen-bond acceptors (Lipinski definition) is 5. The number of ketones is 1. The Labute approximate surface area is 237 Å². The van der Waals surface area contributed by atoms with E-state index in [4.69, 9.17) is 14.2 Å². The number of benzene rings is 1. The van der Waals surface area contributed by atoms with Crippen molar-refractivity contribution in [2.45, 2.75) is 113 Å². The summed E-state index contributed by atoms with van der Waals surface area (Å²) < 4.78 is 18.6. The Kier molecular flexibility index (Phi) is 13.9. The second-order valence-corrected chi connectivity index (χ2v) is 11.2. The number of rotatable bonds is 16. The maximum Gasteiger partial charge on any atom is 0.181 e. The van der Waals surface area contributed by atoms with E-state index in [9.17, 15) is 9.90 Å². The van der Waals surface area contributed by atoms with Crippen molar-refractivity contribution >= 4 is 5.78 Å². The van der Waals surface area contributed by atoms with Crippen LogP contribution in [0, 0.1) is 12.8 Å². The summed E-state index contributed by atoms with van der Waals surface area (Å²) in [4.78, 5) is 14.3. The summed E-state index contributed by atoms with van der Waals surface area (Å²) in [5.74, 6) is 0.581. The molecule has 1 heterocycles. The van der Waals surface area contributed by atoms with Gasteiger partial charge >= 0.3 is 0 Å². The molecular formula is C34H52O5. The fraction of sp³-hybridized carbons (Fsp3) is 0.618. The minimum absolute atomic E-state index is 0.0818. The molecule has 0 amide bonds. The zero-order valence-electron chi connectivity index (χ0n) is 25.7. The molecule has 1 aliphatic rings. The van der Waals surface area contributed by atoms with Gasteiger partial charge in [0.25, 0.3) is 0 Å². The molecule has 1 aliphatic heterocycles. The minimum Gasteiger partial charge on any atom is -0.511 e. The van der Waals surface area contributed by atoms with E-state index in [0.29, 0.717) is 50.4 Å². The van der Waals surface area contributed by atoms with Gasteiger partial charge in [-0.25, -0.2) is 0 Å². The molecule has 1 aromatic rings. The molecule has 0 fully saturated rings. The van der Waals surface area contributed by atoms with Gasteiger partial charge in [0.2, 0.25) is 0 Å². The predicted octanol–water partition coefficient (Wildman–Crippen LogP) is 9.03. The van der Waals surface area contributed by atoms with Crippen LogP contribution in [0.1, 0.15) is 115 Å². The summed E-state index contributed by atoms with van der Waals surface area (Å²) in [5.41, 5.74) is 5.53. The first-order valence-corrected chi connectivity index (χ1v) is 14.9. The van der Waals surface area contributed by atoms with E-state index in [-0.39, 0.29) is 11.5 Å². The summed E-state index contributed by atoms with van der Waals surface area (Å²) in [6.07, 6.45) is 10.7. The molecule has 39 heavy (non-hydrogen) atoms. The molecule has 0 aromatic heterocycles. The number of hydrogen-bond donors (Lipinski definition) is 1. The van der Waals surface area contributed by atoms with Gasteiger partial charge in [-0.05, 0) is 83.4 Å². The number of Topliss-reactive ketones (excluding diaryl/α,β-unsaturated/α-hetero) is 1. The summed E-state index contributed by atoms with van der Waals surface area (Å²) in [7, 11) is 0. The normalized spacial score (nSPS) is 17.2. The number of unbranched alkanes of at least 4 members (excludes halogenated alkanes) is 3. The second kappa shape index (κ2) is 16.5. The first-order valence-electron chi connectivity index (χ1n) is 14.9. The molecule has 0 aliphatic carbocycles. The highest BCUT2D eigenvalue weighted by atomic mass is 16.5. The molecule has 2 unspecified atom stereocenters. The standard InChI is InChI=1S/C34H52O5/c1-9-12-14-19-37-22-26(17-15-23(4)5)33(35)32-28(11-3)39-30-21-29(38-20-13-10-2)25(8)27(18-16-24(6)7)31(30)34(32)36/h15-16,21,28,32,35H,9-14,17-20,22H2,1-8H3/b33-26+. The van der Waals surface area contributed by atoms with Crippen LogP contribution >= 0.6 is 0 Å². The molecular weight excluding hydrogens is 488 g/mol. The van der Waals surface area contributed by atoms with Crippen LogP contribution in [0.5, 0.6) is 11.5 Å². The van der Waals surface area contributed by atoms with Crippen LogP contribution in [0.25, 0.3) is 0 Å². The molecule has 0 saturated heterocycles. The highest BCUT2D eigenvalue weighted by Gasteiger charge is 2.42. The average Bonchev–Trinajstić information content (AvgIpc) is 2.89. The zero-order chi connectivity index (χ0) is 28.9. The monoisotopic (exact) mass is 540 g/mol. The van der Waals surface area contributed by atoms with Crippen LogP contribution in [0.15, 0.2) is 40.7 Å². The number of fused-ring (bicyclic) bond motifs is 1. The fourth-order valence-corrected chi connectivity index (χ4v) is 4.79. The first kappa shape index (κ1) is 32.7. The maximum atomic E-state index is 14.3. The van der Waals surface area contributed by atoms with Crippen molar-refractivity contribution in [2.24, 2.45) is 5.92 Å². The quantitative estimate of drug-likeness (QED) is 0.129. The molecule has 0 saturated carbocycles.